The fraction of sp³-hybridized carbons (Fsp3) is 0.200. The molecule has 0 unspecified atom stereocenters. The molecule has 0 bridgehead atoms. The molecule has 1 N–H and O–H groups in total. The van der Waals surface area contributed by atoms with Gasteiger partial charge in [-0.25, -0.2) is 4.79 Å². The third kappa shape index (κ3) is 4.58. The molecule has 0 fully saturated rings. The number of esters is 1. The predicted octanol–water partition coefficient (Wildman–Crippen LogP) is 3.48. The van der Waals surface area contributed by atoms with Crippen molar-refractivity contribution in [1.82, 2.24) is 14.8 Å². The summed E-state index contributed by atoms with van der Waals surface area (Å²) in [6.45, 7) is 3.87. The van der Waals surface area contributed by atoms with E-state index in [0.717, 1.165) is 11.5 Å². The first kappa shape index (κ1) is 19.6. The van der Waals surface area contributed by atoms with Crippen LogP contribution in [0, 0.1) is 6.92 Å². The van der Waals surface area contributed by atoms with Crippen molar-refractivity contribution in [2.45, 2.75) is 19.0 Å². The highest BCUT2D eigenvalue weighted by Crippen LogP contribution is 2.22. The summed E-state index contributed by atoms with van der Waals surface area (Å²) < 4.78 is 6.92. The van der Waals surface area contributed by atoms with Gasteiger partial charge in [0, 0.05) is 5.69 Å². The summed E-state index contributed by atoms with van der Waals surface area (Å²) in [5, 5.41) is 11.7. The second kappa shape index (κ2) is 9.18. The van der Waals surface area contributed by atoms with E-state index in [1.807, 2.05) is 41.8 Å². The molecule has 2 aromatic carbocycles. The number of aryl methyl sites for hydroxylation is 1. The number of carbonyl (C=O) groups is 2. The summed E-state index contributed by atoms with van der Waals surface area (Å²) in [4.78, 5) is 24.5. The molecule has 0 saturated carbocycles. The van der Waals surface area contributed by atoms with Gasteiger partial charge in [0.15, 0.2) is 5.16 Å². The van der Waals surface area contributed by atoms with Gasteiger partial charge in [0.05, 0.1) is 23.6 Å². The van der Waals surface area contributed by atoms with Gasteiger partial charge in [0.1, 0.15) is 5.82 Å². The van der Waals surface area contributed by atoms with E-state index in [2.05, 4.69) is 15.5 Å². The highest BCUT2D eigenvalue weighted by molar-refractivity contribution is 7.99. The van der Waals surface area contributed by atoms with E-state index in [1.165, 1.54) is 11.8 Å². The zero-order valence-electron chi connectivity index (χ0n) is 15.6. The van der Waals surface area contributed by atoms with Crippen molar-refractivity contribution in [3.63, 3.8) is 0 Å². The van der Waals surface area contributed by atoms with E-state index in [1.54, 1.807) is 31.2 Å². The van der Waals surface area contributed by atoms with Gasteiger partial charge in [-0.05, 0) is 38.1 Å². The molecule has 144 valence electrons. The molecule has 0 aliphatic heterocycles. The number of hydrogen-bond acceptors (Lipinski definition) is 6. The number of nitrogens with one attached hydrogen (secondary N) is 1. The summed E-state index contributed by atoms with van der Waals surface area (Å²) in [5.41, 5.74) is 1.68. The number of para-hydroxylation sites is 2. The van der Waals surface area contributed by atoms with Crippen LogP contribution in [0.4, 0.5) is 5.69 Å². The standard InChI is InChI=1S/C20H20N4O3S/c1-3-27-19(26)16-11-7-8-12-17(16)21-18(25)13-28-20-23-22-14(2)24(20)15-9-5-4-6-10-15/h4-12H,3,13H2,1-2H3,(H,21,25). The second-order valence-corrected chi connectivity index (χ2v) is 6.75. The highest BCUT2D eigenvalue weighted by Gasteiger charge is 2.16. The Morgan fingerprint density at radius 3 is 2.54 bits per heavy atom. The number of rotatable bonds is 7. The summed E-state index contributed by atoms with van der Waals surface area (Å²) in [6, 6.07) is 16.5. The van der Waals surface area contributed by atoms with Crippen LogP contribution >= 0.6 is 11.8 Å². The zero-order chi connectivity index (χ0) is 19.9. The Morgan fingerprint density at radius 2 is 1.79 bits per heavy atom. The molecule has 0 aliphatic rings. The summed E-state index contributed by atoms with van der Waals surface area (Å²) in [5.74, 6) is 0.150. The van der Waals surface area contributed by atoms with E-state index in [9.17, 15) is 9.59 Å². The van der Waals surface area contributed by atoms with Gasteiger partial charge >= 0.3 is 5.97 Å². The van der Waals surface area contributed by atoms with Crippen LogP contribution in [0.5, 0.6) is 0 Å². The number of nitrogens with zero attached hydrogens (tertiary/aromatic N) is 3. The van der Waals surface area contributed by atoms with E-state index < -0.39 is 5.97 Å². The molecule has 1 amide bonds. The molecule has 1 heterocycles. The first-order valence-electron chi connectivity index (χ1n) is 8.76. The smallest absolute Gasteiger partial charge is 0.340 e. The van der Waals surface area contributed by atoms with Crippen LogP contribution in [-0.2, 0) is 9.53 Å². The van der Waals surface area contributed by atoms with Crippen LogP contribution < -0.4 is 5.32 Å². The molecule has 3 aromatic rings. The van der Waals surface area contributed by atoms with Crippen LogP contribution in [0.25, 0.3) is 5.69 Å². The maximum atomic E-state index is 12.4. The Labute approximate surface area is 167 Å². The van der Waals surface area contributed by atoms with Crippen LogP contribution in [0.15, 0.2) is 59.8 Å². The molecule has 0 radical (unpaired) electrons. The molecular weight excluding hydrogens is 376 g/mol. The van der Waals surface area contributed by atoms with E-state index in [-0.39, 0.29) is 18.3 Å². The number of carbonyl (C=O) groups excluding carboxylic acids is 2. The average molecular weight is 396 g/mol. The summed E-state index contributed by atoms with van der Waals surface area (Å²) in [7, 11) is 0. The van der Waals surface area contributed by atoms with E-state index in [4.69, 9.17) is 4.74 Å². The van der Waals surface area contributed by atoms with E-state index >= 15 is 0 Å². The average Bonchev–Trinajstić information content (AvgIpc) is 3.08. The van der Waals surface area contributed by atoms with Gasteiger partial charge in [-0.15, -0.1) is 10.2 Å². The maximum absolute atomic E-state index is 12.4. The monoisotopic (exact) mass is 396 g/mol. The van der Waals surface area contributed by atoms with Crippen LogP contribution in [-0.4, -0.2) is 39.0 Å². The number of ether oxygens (including phenoxy) is 1. The predicted molar refractivity (Wildman–Crippen MR) is 108 cm³/mol. The van der Waals surface area contributed by atoms with Gasteiger partial charge < -0.3 is 10.1 Å². The molecule has 3 rings (SSSR count). The first-order valence-corrected chi connectivity index (χ1v) is 9.75. The Morgan fingerprint density at radius 1 is 1.07 bits per heavy atom. The minimum atomic E-state index is -0.467. The number of thioether (sulfide) groups is 1. The molecule has 0 aliphatic carbocycles. The fourth-order valence-corrected chi connectivity index (χ4v) is 3.40. The minimum Gasteiger partial charge on any atom is -0.462 e. The number of aromatic nitrogens is 3. The van der Waals surface area contributed by atoms with Crippen molar-refractivity contribution in [3.8, 4) is 5.69 Å². The minimum absolute atomic E-state index is 0.127. The molecule has 1 aromatic heterocycles. The van der Waals surface area contributed by atoms with Gasteiger partial charge in [0.2, 0.25) is 5.91 Å². The number of hydrogen-bond donors (Lipinski definition) is 1. The molecule has 8 heteroatoms. The van der Waals surface area contributed by atoms with Crippen molar-refractivity contribution < 1.29 is 14.3 Å². The Balaban J connectivity index is 1.69. The van der Waals surface area contributed by atoms with Crippen LogP contribution in [0.2, 0.25) is 0 Å². The van der Waals surface area contributed by atoms with E-state index in [0.29, 0.717) is 16.4 Å². The first-order chi connectivity index (χ1) is 13.6. The molecule has 28 heavy (non-hydrogen) atoms. The van der Waals surface area contributed by atoms with Crippen molar-refractivity contribution >= 4 is 29.3 Å². The van der Waals surface area contributed by atoms with Gasteiger partial charge in [-0.2, -0.15) is 0 Å². The number of amides is 1. The van der Waals surface area contributed by atoms with Crippen molar-refractivity contribution in [3.05, 3.63) is 66.0 Å². The lowest BCUT2D eigenvalue weighted by atomic mass is 10.2. The van der Waals surface area contributed by atoms with Crippen molar-refractivity contribution in [2.24, 2.45) is 0 Å². The third-order valence-corrected chi connectivity index (χ3v) is 4.77. The fourth-order valence-electron chi connectivity index (χ4n) is 2.61. The molecule has 0 spiro atoms. The highest BCUT2D eigenvalue weighted by atomic mass is 32.2. The lowest BCUT2D eigenvalue weighted by Gasteiger charge is -2.11. The largest absolute Gasteiger partial charge is 0.462 e. The Hall–Kier alpha value is -3.13. The normalized spacial score (nSPS) is 10.5. The quantitative estimate of drug-likeness (QED) is 0.486. The number of benzene rings is 2. The van der Waals surface area contributed by atoms with Gasteiger partial charge in [-0.3, -0.25) is 9.36 Å². The van der Waals surface area contributed by atoms with Crippen LogP contribution in [0.3, 0.4) is 0 Å². The number of anilines is 1. The third-order valence-electron chi connectivity index (χ3n) is 3.84. The topological polar surface area (TPSA) is 86.1 Å². The molecule has 0 atom stereocenters. The zero-order valence-corrected chi connectivity index (χ0v) is 16.4. The molecular formula is C20H20N4O3S. The van der Waals surface area contributed by atoms with Crippen molar-refractivity contribution in [1.29, 1.82) is 0 Å². The van der Waals surface area contributed by atoms with Gasteiger partial charge in [-0.1, -0.05) is 42.1 Å². The maximum Gasteiger partial charge on any atom is 0.340 e. The lowest BCUT2D eigenvalue weighted by molar-refractivity contribution is -0.113. The Bertz CT molecular complexity index is 973. The summed E-state index contributed by atoms with van der Waals surface area (Å²) in [6.07, 6.45) is 0. The molecule has 7 nitrogen and oxygen atoms in total. The Kier molecular flexibility index (Phi) is 6.44. The second-order valence-electron chi connectivity index (χ2n) is 5.80. The summed E-state index contributed by atoms with van der Waals surface area (Å²) >= 11 is 1.28. The van der Waals surface area contributed by atoms with Crippen molar-refractivity contribution in [2.75, 3.05) is 17.7 Å². The lowest BCUT2D eigenvalue weighted by Crippen LogP contribution is -2.17. The SMILES string of the molecule is CCOC(=O)c1ccccc1NC(=O)CSc1nnc(C)n1-c1ccccc1. The van der Waals surface area contributed by atoms with Gasteiger partial charge in [0.25, 0.3) is 0 Å². The van der Waals surface area contributed by atoms with Crippen LogP contribution in [0.1, 0.15) is 23.1 Å². The molecule has 0 saturated heterocycles.